The van der Waals surface area contributed by atoms with Crippen molar-refractivity contribution >= 4 is 43.2 Å². The monoisotopic (exact) mass is 418 g/mol. The van der Waals surface area contributed by atoms with E-state index in [9.17, 15) is 0 Å². The average Bonchev–Trinajstić information content (AvgIpc) is 2.77. The number of aryl methyl sites for hydroxylation is 1. The van der Waals surface area contributed by atoms with E-state index in [0.717, 1.165) is 26.0 Å². The number of rotatable bonds is 5. The van der Waals surface area contributed by atoms with E-state index in [-0.39, 0.29) is 6.04 Å². The first-order valence-corrected chi connectivity index (χ1v) is 8.49. The lowest BCUT2D eigenvalue weighted by molar-refractivity contribution is 0.413. The van der Waals surface area contributed by atoms with Crippen LogP contribution < -0.4 is 16.0 Å². The van der Waals surface area contributed by atoms with Crippen LogP contribution in [0.15, 0.2) is 32.5 Å². The smallest absolute Gasteiger partial charge is 0.119 e. The maximum absolute atomic E-state index is 5.73. The quantitative estimate of drug-likeness (QED) is 0.559. The summed E-state index contributed by atoms with van der Waals surface area (Å²) >= 11 is 8.85. The van der Waals surface area contributed by atoms with Gasteiger partial charge in [0.15, 0.2) is 0 Å². The SMILES string of the molecule is COc1ccc(Br)c(CC(NN)c2cc(C)c(Br)s2)c1. The highest BCUT2D eigenvalue weighted by Crippen LogP contribution is 2.34. The summed E-state index contributed by atoms with van der Waals surface area (Å²) in [6, 6.07) is 8.20. The van der Waals surface area contributed by atoms with Gasteiger partial charge in [0.2, 0.25) is 0 Å². The minimum Gasteiger partial charge on any atom is -0.497 e. The number of halogens is 2. The zero-order valence-electron chi connectivity index (χ0n) is 11.2. The van der Waals surface area contributed by atoms with E-state index >= 15 is 0 Å². The molecule has 2 rings (SSSR count). The van der Waals surface area contributed by atoms with Crippen LogP contribution in [0, 0.1) is 6.92 Å². The molecule has 0 amide bonds. The predicted molar refractivity (Wildman–Crippen MR) is 91.2 cm³/mol. The molecule has 3 N–H and O–H groups in total. The molecule has 20 heavy (non-hydrogen) atoms. The molecule has 1 aromatic heterocycles. The van der Waals surface area contributed by atoms with E-state index < -0.39 is 0 Å². The number of hydrogen-bond acceptors (Lipinski definition) is 4. The molecule has 0 saturated carbocycles. The summed E-state index contributed by atoms with van der Waals surface area (Å²) in [6.45, 7) is 2.08. The molecule has 0 aliphatic heterocycles. The van der Waals surface area contributed by atoms with Gasteiger partial charge in [-0.3, -0.25) is 11.3 Å². The van der Waals surface area contributed by atoms with Crippen molar-refractivity contribution < 1.29 is 4.74 Å². The number of hydrogen-bond donors (Lipinski definition) is 2. The number of nitrogens with two attached hydrogens (primary N) is 1. The minimum atomic E-state index is 0.0772. The molecular weight excluding hydrogens is 404 g/mol. The van der Waals surface area contributed by atoms with Crippen molar-refractivity contribution in [3.8, 4) is 5.75 Å². The third-order valence-corrected chi connectivity index (χ3v) is 6.12. The maximum Gasteiger partial charge on any atom is 0.119 e. The summed E-state index contributed by atoms with van der Waals surface area (Å²) in [7, 11) is 1.67. The molecular formula is C14H16Br2N2OS. The Labute approximate surface area is 139 Å². The second kappa shape index (κ2) is 7.04. The maximum atomic E-state index is 5.73. The van der Waals surface area contributed by atoms with Gasteiger partial charge in [-0.15, -0.1) is 11.3 Å². The van der Waals surface area contributed by atoms with Crippen LogP contribution >= 0.6 is 43.2 Å². The molecule has 0 aliphatic rings. The molecule has 108 valence electrons. The van der Waals surface area contributed by atoms with Crippen LogP contribution in [0.3, 0.4) is 0 Å². The van der Waals surface area contributed by atoms with Crippen molar-refractivity contribution in [3.63, 3.8) is 0 Å². The highest BCUT2D eigenvalue weighted by Gasteiger charge is 2.16. The highest BCUT2D eigenvalue weighted by atomic mass is 79.9. The number of ether oxygens (including phenoxy) is 1. The fourth-order valence-corrected chi connectivity index (χ4v) is 3.99. The largest absolute Gasteiger partial charge is 0.497 e. The zero-order chi connectivity index (χ0) is 14.7. The first-order chi connectivity index (χ1) is 9.55. The minimum absolute atomic E-state index is 0.0772. The average molecular weight is 420 g/mol. The summed E-state index contributed by atoms with van der Waals surface area (Å²) in [5.41, 5.74) is 5.29. The fraction of sp³-hybridized carbons (Fsp3) is 0.286. The van der Waals surface area contributed by atoms with Gasteiger partial charge in [0, 0.05) is 9.35 Å². The lowest BCUT2D eigenvalue weighted by Gasteiger charge is -2.16. The number of benzene rings is 1. The molecule has 0 saturated heterocycles. The zero-order valence-corrected chi connectivity index (χ0v) is 15.2. The molecule has 1 heterocycles. The Morgan fingerprint density at radius 2 is 2.10 bits per heavy atom. The van der Waals surface area contributed by atoms with Gasteiger partial charge in [0.25, 0.3) is 0 Å². The van der Waals surface area contributed by atoms with Gasteiger partial charge in [-0.05, 0) is 64.7 Å². The molecule has 1 atom stereocenters. The van der Waals surface area contributed by atoms with Gasteiger partial charge in [-0.2, -0.15) is 0 Å². The molecule has 1 unspecified atom stereocenters. The van der Waals surface area contributed by atoms with Gasteiger partial charge in [-0.1, -0.05) is 15.9 Å². The van der Waals surface area contributed by atoms with E-state index in [4.69, 9.17) is 10.6 Å². The second-order valence-electron chi connectivity index (χ2n) is 4.49. The van der Waals surface area contributed by atoms with Crippen molar-refractivity contribution in [2.24, 2.45) is 5.84 Å². The van der Waals surface area contributed by atoms with Crippen molar-refractivity contribution in [1.82, 2.24) is 5.43 Å². The molecule has 6 heteroatoms. The molecule has 0 bridgehead atoms. The molecule has 3 nitrogen and oxygen atoms in total. The predicted octanol–water partition coefficient (Wildman–Crippen LogP) is 4.34. The highest BCUT2D eigenvalue weighted by molar-refractivity contribution is 9.11. The van der Waals surface area contributed by atoms with Crippen molar-refractivity contribution in [3.05, 3.63) is 48.5 Å². The summed E-state index contributed by atoms with van der Waals surface area (Å²) in [5, 5.41) is 0. The Hall–Kier alpha value is -0.400. The van der Waals surface area contributed by atoms with Gasteiger partial charge >= 0.3 is 0 Å². The lowest BCUT2D eigenvalue weighted by Crippen LogP contribution is -2.29. The Kier molecular flexibility index (Phi) is 5.63. The van der Waals surface area contributed by atoms with Crippen LogP contribution in [0.2, 0.25) is 0 Å². The first-order valence-electron chi connectivity index (χ1n) is 6.09. The van der Waals surface area contributed by atoms with Gasteiger partial charge in [0.1, 0.15) is 5.75 Å². The van der Waals surface area contributed by atoms with Gasteiger partial charge in [0.05, 0.1) is 16.9 Å². The Balaban J connectivity index is 2.26. The summed E-state index contributed by atoms with van der Waals surface area (Å²) < 4.78 is 7.49. The summed E-state index contributed by atoms with van der Waals surface area (Å²) in [4.78, 5) is 1.21. The van der Waals surface area contributed by atoms with Crippen LogP contribution in [0.1, 0.15) is 22.0 Å². The van der Waals surface area contributed by atoms with E-state index in [1.165, 1.54) is 10.4 Å². The Bertz CT molecular complexity index is 581. The number of hydrazine groups is 1. The van der Waals surface area contributed by atoms with Crippen LogP contribution in [-0.2, 0) is 6.42 Å². The fourth-order valence-electron chi connectivity index (χ4n) is 1.95. The molecule has 0 spiro atoms. The van der Waals surface area contributed by atoms with E-state index in [0.29, 0.717) is 0 Å². The number of methoxy groups -OCH3 is 1. The van der Waals surface area contributed by atoms with E-state index in [2.05, 4.69) is 50.3 Å². The van der Waals surface area contributed by atoms with Gasteiger partial charge < -0.3 is 4.74 Å². The van der Waals surface area contributed by atoms with Crippen LogP contribution in [0.5, 0.6) is 5.75 Å². The van der Waals surface area contributed by atoms with Gasteiger partial charge in [-0.25, -0.2) is 0 Å². The third-order valence-electron chi connectivity index (χ3n) is 3.10. The van der Waals surface area contributed by atoms with Crippen LogP contribution in [0.4, 0.5) is 0 Å². The third kappa shape index (κ3) is 3.62. The van der Waals surface area contributed by atoms with E-state index in [1.54, 1.807) is 18.4 Å². The number of thiophene rings is 1. The van der Waals surface area contributed by atoms with Crippen molar-refractivity contribution in [2.75, 3.05) is 7.11 Å². The topological polar surface area (TPSA) is 47.3 Å². The normalized spacial score (nSPS) is 12.4. The molecule has 0 aliphatic carbocycles. The molecule has 0 fully saturated rings. The van der Waals surface area contributed by atoms with E-state index in [1.807, 2.05) is 18.2 Å². The van der Waals surface area contributed by atoms with Crippen LogP contribution in [0.25, 0.3) is 0 Å². The standard InChI is InChI=1S/C14H16Br2N2OS/c1-8-5-13(20-14(8)16)12(18-17)7-9-6-10(19-2)3-4-11(9)15/h3-6,12,18H,7,17H2,1-2H3. The summed E-state index contributed by atoms with van der Waals surface area (Å²) in [6.07, 6.45) is 0.792. The van der Waals surface area contributed by atoms with Crippen molar-refractivity contribution in [1.29, 1.82) is 0 Å². The molecule has 0 radical (unpaired) electrons. The first kappa shape index (κ1) is 16.0. The number of nitrogens with one attached hydrogen (secondary N) is 1. The Morgan fingerprint density at radius 1 is 1.35 bits per heavy atom. The Morgan fingerprint density at radius 3 is 2.65 bits per heavy atom. The molecule has 1 aromatic carbocycles. The van der Waals surface area contributed by atoms with Crippen molar-refractivity contribution in [2.45, 2.75) is 19.4 Å². The second-order valence-corrected chi connectivity index (χ2v) is 7.74. The summed E-state index contributed by atoms with van der Waals surface area (Å²) in [5.74, 6) is 6.58. The van der Waals surface area contributed by atoms with Crippen LogP contribution in [-0.4, -0.2) is 7.11 Å². The molecule has 2 aromatic rings. The lowest BCUT2D eigenvalue weighted by atomic mass is 10.0.